The van der Waals surface area contributed by atoms with Gasteiger partial charge in [0.1, 0.15) is 42.7 Å². The first-order chi connectivity index (χ1) is 17.8. The summed E-state index contributed by atoms with van der Waals surface area (Å²) in [7, 11) is 0. The van der Waals surface area contributed by atoms with Crippen molar-refractivity contribution in [1.29, 1.82) is 0 Å². The number of nitrogens with zero attached hydrogens (tertiary/aromatic N) is 4. The van der Waals surface area contributed by atoms with E-state index in [2.05, 4.69) is 39.7 Å². The Balaban J connectivity index is 1.07. The minimum atomic E-state index is -0.887. The maximum Gasteiger partial charge on any atom is 0.225 e. The topological polar surface area (TPSA) is 71.3 Å². The third kappa shape index (κ3) is 5.10. The molecule has 0 bridgehead atoms. The van der Waals surface area contributed by atoms with Crippen LogP contribution < -0.4 is 4.74 Å². The van der Waals surface area contributed by atoms with Gasteiger partial charge in [0, 0.05) is 17.4 Å². The first-order valence-corrected chi connectivity index (χ1v) is 13.4. The number of thiazole rings is 1. The molecule has 2 atom stereocenters. The van der Waals surface area contributed by atoms with Crippen LogP contribution in [0.25, 0.3) is 10.6 Å². The Kier molecular flexibility index (Phi) is 6.61. The van der Waals surface area contributed by atoms with E-state index in [1.165, 1.54) is 11.9 Å². The van der Waals surface area contributed by atoms with Gasteiger partial charge in [0.05, 0.1) is 17.2 Å². The van der Waals surface area contributed by atoms with Crippen LogP contribution in [0, 0.1) is 0 Å². The Morgan fingerprint density at radius 3 is 2.69 bits per heavy atom. The molecule has 0 spiro atoms. The van der Waals surface area contributed by atoms with E-state index >= 15 is 0 Å². The van der Waals surface area contributed by atoms with Gasteiger partial charge in [-0.2, -0.15) is 5.10 Å². The maximum absolute atomic E-state index is 6.40. The second kappa shape index (κ2) is 10.3. The first kappa shape index (κ1) is 23.1. The van der Waals surface area contributed by atoms with Crippen molar-refractivity contribution in [2.45, 2.75) is 24.9 Å². The molecule has 7 nitrogen and oxygen atoms in total. The molecule has 9 heteroatoms. The van der Waals surface area contributed by atoms with Crippen LogP contribution in [-0.2, 0) is 28.2 Å². The van der Waals surface area contributed by atoms with E-state index in [4.69, 9.17) is 19.2 Å². The lowest BCUT2D eigenvalue weighted by atomic mass is 10.1. The van der Waals surface area contributed by atoms with Gasteiger partial charge >= 0.3 is 0 Å². The molecular formula is C27H24N4O3S2. The quantitative estimate of drug-likeness (QED) is 0.261. The van der Waals surface area contributed by atoms with Crippen LogP contribution in [0.2, 0.25) is 0 Å². The normalized spacial score (nSPS) is 19.5. The summed E-state index contributed by atoms with van der Waals surface area (Å²) in [4.78, 5) is 9.85. The van der Waals surface area contributed by atoms with Crippen LogP contribution in [0.4, 0.5) is 0 Å². The molecule has 0 aliphatic carbocycles. The third-order valence-electron chi connectivity index (χ3n) is 5.91. The van der Waals surface area contributed by atoms with Crippen molar-refractivity contribution in [2.75, 3.05) is 13.2 Å². The minimum Gasteiger partial charge on any atom is -0.491 e. The minimum absolute atomic E-state index is 0.199. The van der Waals surface area contributed by atoms with Gasteiger partial charge in [-0.25, -0.2) is 14.6 Å². The number of benzene rings is 2. The maximum atomic E-state index is 6.40. The van der Waals surface area contributed by atoms with Gasteiger partial charge < -0.3 is 14.2 Å². The van der Waals surface area contributed by atoms with Crippen molar-refractivity contribution in [3.8, 4) is 16.3 Å². The highest BCUT2D eigenvalue weighted by Crippen LogP contribution is 2.38. The third-order valence-corrected chi connectivity index (χ3v) is 7.84. The molecule has 2 unspecified atom stereocenters. The number of ether oxygens (including phenoxy) is 3. The van der Waals surface area contributed by atoms with Gasteiger partial charge in [-0.15, -0.1) is 22.7 Å². The molecule has 2 aromatic carbocycles. The van der Waals surface area contributed by atoms with E-state index in [0.717, 1.165) is 33.3 Å². The van der Waals surface area contributed by atoms with Crippen LogP contribution in [0.3, 0.4) is 0 Å². The predicted octanol–water partition coefficient (Wildman–Crippen LogP) is 5.40. The van der Waals surface area contributed by atoms with Crippen molar-refractivity contribution in [1.82, 2.24) is 19.7 Å². The van der Waals surface area contributed by atoms with Crippen molar-refractivity contribution in [3.63, 3.8) is 0 Å². The summed E-state index contributed by atoms with van der Waals surface area (Å²) < 4.78 is 20.4. The Bertz CT molecular complexity index is 1370. The van der Waals surface area contributed by atoms with Crippen molar-refractivity contribution in [2.24, 2.45) is 0 Å². The van der Waals surface area contributed by atoms with Gasteiger partial charge in [-0.1, -0.05) is 36.4 Å². The smallest absolute Gasteiger partial charge is 0.225 e. The van der Waals surface area contributed by atoms with Crippen LogP contribution >= 0.6 is 22.7 Å². The molecule has 1 fully saturated rings. The molecule has 0 saturated carbocycles. The van der Waals surface area contributed by atoms with Gasteiger partial charge in [-0.3, -0.25) is 0 Å². The standard InChI is InChI=1S/C27H24N4O3S2/c1-2-5-20(6-3-1)13-22-16-36-26(30-22)21-8-10-23(11-9-21)32-14-24-15-33-27(34-24,25-7-4-12-35-25)17-31-19-28-18-29-31/h1-12,16,18-19,24H,13-15,17H2. The van der Waals surface area contributed by atoms with Crippen LogP contribution in [-0.4, -0.2) is 39.1 Å². The van der Waals surface area contributed by atoms with E-state index in [9.17, 15) is 0 Å². The molecule has 3 aromatic heterocycles. The molecule has 182 valence electrons. The van der Waals surface area contributed by atoms with Gasteiger partial charge in [0.2, 0.25) is 5.79 Å². The summed E-state index contributed by atoms with van der Waals surface area (Å²) in [6.07, 6.45) is 3.82. The van der Waals surface area contributed by atoms with Crippen LogP contribution in [0.5, 0.6) is 5.75 Å². The number of thiophene rings is 1. The summed E-state index contributed by atoms with van der Waals surface area (Å²) in [5, 5.41) is 9.38. The monoisotopic (exact) mass is 516 g/mol. The summed E-state index contributed by atoms with van der Waals surface area (Å²) >= 11 is 3.26. The SMILES string of the molecule is c1ccc(Cc2csc(-c3ccc(OCC4COC(Cn5cncn5)(c5cccs5)O4)cc3)n2)cc1. The van der Waals surface area contributed by atoms with Crippen LogP contribution in [0.15, 0.2) is 90.1 Å². The van der Waals surface area contributed by atoms with E-state index in [1.54, 1.807) is 33.7 Å². The molecule has 5 aromatic rings. The van der Waals surface area contributed by atoms with Gasteiger partial charge in [0.15, 0.2) is 0 Å². The van der Waals surface area contributed by atoms with Crippen molar-refractivity contribution < 1.29 is 14.2 Å². The average Bonchev–Trinajstić information content (AvgIpc) is 3.73. The molecule has 1 saturated heterocycles. The fraction of sp³-hybridized carbons (Fsp3) is 0.222. The van der Waals surface area contributed by atoms with Crippen LogP contribution in [0.1, 0.15) is 16.1 Å². The molecular weight excluding hydrogens is 492 g/mol. The van der Waals surface area contributed by atoms with Gasteiger partial charge in [0.25, 0.3) is 0 Å². The van der Waals surface area contributed by atoms with E-state index < -0.39 is 5.79 Å². The summed E-state index contributed by atoms with van der Waals surface area (Å²) in [5.74, 6) is -0.101. The number of hydrogen-bond acceptors (Lipinski definition) is 8. The van der Waals surface area contributed by atoms with Gasteiger partial charge in [-0.05, 0) is 41.3 Å². The highest BCUT2D eigenvalue weighted by atomic mass is 32.1. The Labute approximate surface area is 217 Å². The molecule has 1 aliphatic rings. The molecule has 0 N–H and O–H groups in total. The summed E-state index contributed by atoms with van der Waals surface area (Å²) in [6, 6.07) is 22.5. The molecule has 6 rings (SSSR count). The molecule has 0 radical (unpaired) electrons. The van der Waals surface area contributed by atoms with Crippen molar-refractivity contribution in [3.05, 3.63) is 106 Å². The second-order valence-electron chi connectivity index (χ2n) is 8.52. The average molecular weight is 517 g/mol. The Morgan fingerprint density at radius 2 is 1.92 bits per heavy atom. The Morgan fingerprint density at radius 1 is 1.03 bits per heavy atom. The van der Waals surface area contributed by atoms with E-state index in [1.807, 2.05) is 47.8 Å². The summed E-state index contributed by atoms with van der Waals surface area (Å²) in [5.41, 5.74) is 3.43. The first-order valence-electron chi connectivity index (χ1n) is 11.7. The molecule has 4 heterocycles. The van der Waals surface area contributed by atoms with E-state index in [0.29, 0.717) is 19.8 Å². The zero-order valence-corrected chi connectivity index (χ0v) is 21.0. The fourth-order valence-corrected chi connectivity index (χ4v) is 5.81. The molecule has 0 amide bonds. The zero-order valence-electron chi connectivity index (χ0n) is 19.4. The number of hydrogen-bond donors (Lipinski definition) is 0. The lowest BCUT2D eigenvalue weighted by molar-refractivity contribution is -0.188. The second-order valence-corrected chi connectivity index (χ2v) is 10.3. The molecule has 36 heavy (non-hydrogen) atoms. The Hall–Kier alpha value is -3.37. The highest BCUT2D eigenvalue weighted by Gasteiger charge is 2.45. The predicted molar refractivity (Wildman–Crippen MR) is 139 cm³/mol. The lowest BCUT2D eigenvalue weighted by Crippen LogP contribution is -2.33. The molecule has 1 aliphatic heterocycles. The van der Waals surface area contributed by atoms with E-state index in [-0.39, 0.29) is 6.10 Å². The largest absolute Gasteiger partial charge is 0.491 e. The van der Waals surface area contributed by atoms with Crippen molar-refractivity contribution >= 4 is 22.7 Å². The number of rotatable bonds is 9. The lowest BCUT2D eigenvalue weighted by Gasteiger charge is -2.26. The summed E-state index contributed by atoms with van der Waals surface area (Å²) in [6.45, 7) is 1.26. The fourth-order valence-electron chi connectivity index (χ4n) is 4.17. The highest BCUT2D eigenvalue weighted by molar-refractivity contribution is 7.13. The zero-order chi connectivity index (χ0) is 24.2. The number of aromatic nitrogens is 4.